The van der Waals surface area contributed by atoms with Gasteiger partial charge in [-0.25, -0.2) is 0 Å². The smallest absolute Gasteiger partial charge is 0.0347 e. The SMILES string of the molecule is CCN(CC)CCn1ccc(CNC(C)(C)C)c1. The van der Waals surface area contributed by atoms with Crippen molar-refractivity contribution in [3.63, 3.8) is 0 Å². The van der Waals surface area contributed by atoms with Crippen molar-refractivity contribution in [1.82, 2.24) is 14.8 Å². The molecular weight excluding hydrogens is 222 g/mol. The monoisotopic (exact) mass is 251 g/mol. The fourth-order valence-corrected chi connectivity index (χ4v) is 1.90. The zero-order chi connectivity index (χ0) is 13.6. The fourth-order valence-electron chi connectivity index (χ4n) is 1.90. The molecule has 3 heteroatoms. The van der Waals surface area contributed by atoms with Crippen LogP contribution in [0.25, 0.3) is 0 Å². The summed E-state index contributed by atoms with van der Waals surface area (Å²) in [6, 6.07) is 2.21. The fraction of sp³-hybridized carbons (Fsp3) is 0.733. The van der Waals surface area contributed by atoms with Crippen LogP contribution >= 0.6 is 0 Å². The van der Waals surface area contributed by atoms with Gasteiger partial charge < -0.3 is 14.8 Å². The first kappa shape index (κ1) is 15.3. The summed E-state index contributed by atoms with van der Waals surface area (Å²) in [5, 5.41) is 3.51. The Morgan fingerprint density at radius 1 is 1.22 bits per heavy atom. The highest BCUT2D eigenvalue weighted by atomic mass is 15.1. The van der Waals surface area contributed by atoms with Crippen molar-refractivity contribution in [2.75, 3.05) is 19.6 Å². The zero-order valence-electron chi connectivity index (χ0n) is 12.7. The number of hydrogen-bond donors (Lipinski definition) is 1. The molecule has 1 rings (SSSR count). The average molecular weight is 251 g/mol. The minimum absolute atomic E-state index is 0.184. The van der Waals surface area contributed by atoms with Crippen LogP contribution in [0.3, 0.4) is 0 Å². The zero-order valence-corrected chi connectivity index (χ0v) is 12.7. The summed E-state index contributed by atoms with van der Waals surface area (Å²) < 4.78 is 2.29. The van der Waals surface area contributed by atoms with E-state index in [1.807, 2.05) is 0 Å². The molecule has 0 fully saturated rings. The van der Waals surface area contributed by atoms with Crippen molar-refractivity contribution >= 4 is 0 Å². The number of aromatic nitrogens is 1. The molecule has 0 bridgehead atoms. The van der Waals surface area contributed by atoms with Gasteiger partial charge in [0.15, 0.2) is 0 Å². The summed E-state index contributed by atoms with van der Waals surface area (Å²) in [5.41, 5.74) is 1.55. The van der Waals surface area contributed by atoms with Gasteiger partial charge in [-0.15, -0.1) is 0 Å². The second-order valence-corrected chi connectivity index (χ2v) is 5.89. The molecule has 18 heavy (non-hydrogen) atoms. The first-order valence-electron chi connectivity index (χ1n) is 7.06. The lowest BCUT2D eigenvalue weighted by Gasteiger charge is -2.20. The van der Waals surface area contributed by atoms with Crippen LogP contribution in [0.1, 0.15) is 40.2 Å². The van der Waals surface area contributed by atoms with Gasteiger partial charge in [0, 0.05) is 37.6 Å². The molecule has 0 amide bonds. The van der Waals surface area contributed by atoms with Crippen LogP contribution in [0, 0.1) is 0 Å². The number of hydrogen-bond acceptors (Lipinski definition) is 2. The molecule has 0 saturated heterocycles. The van der Waals surface area contributed by atoms with E-state index in [9.17, 15) is 0 Å². The van der Waals surface area contributed by atoms with E-state index in [2.05, 4.69) is 67.9 Å². The molecule has 0 aliphatic carbocycles. The lowest BCUT2D eigenvalue weighted by atomic mass is 10.1. The highest BCUT2D eigenvalue weighted by molar-refractivity contribution is 5.10. The predicted molar refractivity (Wildman–Crippen MR) is 78.8 cm³/mol. The summed E-state index contributed by atoms with van der Waals surface area (Å²) in [6.07, 6.45) is 4.44. The van der Waals surface area contributed by atoms with Crippen molar-refractivity contribution in [3.8, 4) is 0 Å². The third-order valence-electron chi connectivity index (χ3n) is 3.20. The number of likely N-dealkylation sites (N-methyl/N-ethyl adjacent to an activating group) is 1. The van der Waals surface area contributed by atoms with Gasteiger partial charge in [-0.2, -0.15) is 0 Å². The van der Waals surface area contributed by atoms with Crippen molar-refractivity contribution in [3.05, 3.63) is 24.0 Å². The van der Waals surface area contributed by atoms with Crippen LogP contribution in [0.2, 0.25) is 0 Å². The lowest BCUT2D eigenvalue weighted by molar-refractivity contribution is 0.290. The van der Waals surface area contributed by atoms with Gasteiger partial charge in [-0.3, -0.25) is 0 Å². The Morgan fingerprint density at radius 3 is 2.44 bits per heavy atom. The van der Waals surface area contributed by atoms with Crippen molar-refractivity contribution in [1.29, 1.82) is 0 Å². The molecule has 1 aromatic rings. The summed E-state index contributed by atoms with van der Waals surface area (Å²) >= 11 is 0. The van der Waals surface area contributed by atoms with Crippen LogP contribution in [0.5, 0.6) is 0 Å². The molecule has 104 valence electrons. The topological polar surface area (TPSA) is 20.2 Å². The van der Waals surface area contributed by atoms with E-state index in [1.54, 1.807) is 0 Å². The Morgan fingerprint density at radius 2 is 1.89 bits per heavy atom. The predicted octanol–water partition coefficient (Wildman–Crippen LogP) is 2.72. The maximum Gasteiger partial charge on any atom is 0.0347 e. The molecule has 0 unspecified atom stereocenters. The number of nitrogens with one attached hydrogen (secondary N) is 1. The highest BCUT2D eigenvalue weighted by Gasteiger charge is 2.08. The Labute approximate surface area is 112 Å². The molecule has 0 aromatic carbocycles. The third kappa shape index (κ3) is 5.69. The second kappa shape index (κ2) is 6.95. The maximum absolute atomic E-state index is 3.51. The molecule has 0 saturated carbocycles. The standard InChI is InChI=1S/C15H29N3/c1-6-17(7-2)10-11-18-9-8-14(13-18)12-16-15(3,4)5/h8-9,13,16H,6-7,10-12H2,1-5H3. The number of nitrogens with zero attached hydrogens (tertiary/aromatic N) is 2. The highest BCUT2D eigenvalue weighted by Crippen LogP contribution is 2.05. The minimum atomic E-state index is 0.184. The van der Waals surface area contributed by atoms with E-state index in [4.69, 9.17) is 0 Å². The van der Waals surface area contributed by atoms with E-state index in [-0.39, 0.29) is 5.54 Å². The Kier molecular flexibility index (Phi) is 5.89. The quantitative estimate of drug-likeness (QED) is 0.804. The minimum Gasteiger partial charge on any atom is -0.353 e. The van der Waals surface area contributed by atoms with E-state index in [0.29, 0.717) is 0 Å². The molecule has 0 aliphatic rings. The number of rotatable bonds is 7. The van der Waals surface area contributed by atoms with Crippen LogP contribution in [-0.4, -0.2) is 34.6 Å². The molecule has 0 spiro atoms. The Bertz CT molecular complexity index is 332. The van der Waals surface area contributed by atoms with E-state index >= 15 is 0 Å². The molecule has 1 aromatic heterocycles. The summed E-state index contributed by atoms with van der Waals surface area (Å²) in [6.45, 7) is 16.5. The summed E-state index contributed by atoms with van der Waals surface area (Å²) in [4.78, 5) is 2.45. The van der Waals surface area contributed by atoms with Gasteiger partial charge in [-0.05, 0) is 45.5 Å². The van der Waals surface area contributed by atoms with Crippen molar-refractivity contribution in [2.24, 2.45) is 0 Å². The van der Waals surface area contributed by atoms with E-state index < -0.39 is 0 Å². The van der Waals surface area contributed by atoms with Crippen LogP contribution in [0.15, 0.2) is 18.5 Å². The molecule has 1 heterocycles. The van der Waals surface area contributed by atoms with Crippen molar-refractivity contribution < 1.29 is 0 Å². The molecular formula is C15H29N3. The molecule has 0 aliphatic heterocycles. The molecule has 3 nitrogen and oxygen atoms in total. The van der Waals surface area contributed by atoms with E-state index in [0.717, 1.165) is 32.7 Å². The Balaban J connectivity index is 2.39. The maximum atomic E-state index is 3.51. The molecule has 0 radical (unpaired) electrons. The van der Waals surface area contributed by atoms with Crippen LogP contribution < -0.4 is 5.32 Å². The summed E-state index contributed by atoms with van der Waals surface area (Å²) in [5.74, 6) is 0. The molecule has 0 atom stereocenters. The summed E-state index contributed by atoms with van der Waals surface area (Å²) in [7, 11) is 0. The second-order valence-electron chi connectivity index (χ2n) is 5.89. The largest absolute Gasteiger partial charge is 0.353 e. The molecule has 1 N–H and O–H groups in total. The van der Waals surface area contributed by atoms with Crippen LogP contribution in [0.4, 0.5) is 0 Å². The van der Waals surface area contributed by atoms with Gasteiger partial charge >= 0.3 is 0 Å². The third-order valence-corrected chi connectivity index (χ3v) is 3.20. The first-order valence-corrected chi connectivity index (χ1v) is 7.06. The van der Waals surface area contributed by atoms with Gasteiger partial charge in [-0.1, -0.05) is 13.8 Å². The van der Waals surface area contributed by atoms with Gasteiger partial charge in [0.1, 0.15) is 0 Å². The average Bonchev–Trinajstić information content (AvgIpc) is 2.75. The normalized spacial score (nSPS) is 12.3. The van der Waals surface area contributed by atoms with Gasteiger partial charge in [0.25, 0.3) is 0 Å². The Hall–Kier alpha value is -0.800. The first-order chi connectivity index (χ1) is 8.44. The van der Waals surface area contributed by atoms with Gasteiger partial charge in [0.2, 0.25) is 0 Å². The van der Waals surface area contributed by atoms with E-state index in [1.165, 1.54) is 5.56 Å². The van der Waals surface area contributed by atoms with Crippen LogP contribution in [-0.2, 0) is 13.1 Å². The lowest BCUT2D eigenvalue weighted by Crippen LogP contribution is -2.34. The van der Waals surface area contributed by atoms with Gasteiger partial charge in [0.05, 0.1) is 0 Å². The van der Waals surface area contributed by atoms with Crippen molar-refractivity contribution in [2.45, 2.75) is 53.2 Å².